The molecule has 2 aliphatic rings. The number of nitrogens with one attached hydrogen (secondary N) is 1. The first-order chi connectivity index (χ1) is 9.98. The van der Waals surface area contributed by atoms with E-state index in [1.165, 1.54) is 0 Å². The number of rotatable bonds is 6. The molecule has 0 spiro atoms. The average Bonchev–Trinajstić information content (AvgIpc) is 3.28. The molecule has 0 aromatic carbocycles. The van der Waals surface area contributed by atoms with Gasteiger partial charge in [0.15, 0.2) is 0 Å². The summed E-state index contributed by atoms with van der Waals surface area (Å²) in [7, 11) is 0. The summed E-state index contributed by atoms with van der Waals surface area (Å²) < 4.78 is 0. The van der Waals surface area contributed by atoms with Crippen molar-refractivity contribution in [3.8, 4) is 0 Å². The molecule has 2 N–H and O–H groups in total. The molecule has 2 amide bonds. The Morgan fingerprint density at radius 1 is 1.33 bits per heavy atom. The lowest BCUT2D eigenvalue weighted by molar-refractivity contribution is -0.151. The second-order valence-electron chi connectivity index (χ2n) is 6.60. The third kappa shape index (κ3) is 3.77. The highest BCUT2D eigenvalue weighted by atomic mass is 16.4. The minimum absolute atomic E-state index is 0.156. The van der Waals surface area contributed by atoms with Crippen molar-refractivity contribution in [1.29, 1.82) is 0 Å². The quantitative estimate of drug-likeness (QED) is 0.740. The van der Waals surface area contributed by atoms with E-state index in [9.17, 15) is 14.7 Å². The lowest BCUT2D eigenvalue weighted by atomic mass is 9.71. The normalized spacial score (nSPS) is 28.7. The van der Waals surface area contributed by atoms with Gasteiger partial charge in [-0.25, -0.2) is 4.79 Å². The number of hydrogen-bond acceptors (Lipinski definition) is 2. The summed E-state index contributed by atoms with van der Waals surface area (Å²) >= 11 is 0. The molecular weight excluding hydrogens is 268 g/mol. The largest absolute Gasteiger partial charge is 0.481 e. The summed E-state index contributed by atoms with van der Waals surface area (Å²) in [6, 6.07) is 0.145. The number of nitrogens with zero attached hydrogens (tertiary/aromatic N) is 1. The van der Waals surface area contributed by atoms with Gasteiger partial charge in [-0.1, -0.05) is 13.0 Å². The summed E-state index contributed by atoms with van der Waals surface area (Å²) in [6.45, 7) is 6.59. The lowest BCUT2D eigenvalue weighted by Gasteiger charge is -2.36. The third-order valence-corrected chi connectivity index (χ3v) is 4.84. The number of carboxylic acid groups (broad SMARTS) is 1. The second-order valence-corrected chi connectivity index (χ2v) is 6.60. The van der Waals surface area contributed by atoms with Gasteiger partial charge in [-0.05, 0) is 44.4 Å². The first-order valence-corrected chi connectivity index (χ1v) is 7.87. The molecule has 0 aliphatic heterocycles. The highest BCUT2D eigenvalue weighted by Gasteiger charge is 2.42. The average molecular weight is 294 g/mol. The van der Waals surface area contributed by atoms with Gasteiger partial charge in [0.25, 0.3) is 0 Å². The Hall–Kier alpha value is -1.52. The first-order valence-electron chi connectivity index (χ1n) is 7.87. The molecule has 0 saturated heterocycles. The summed E-state index contributed by atoms with van der Waals surface area (Å²) in [4.78, 5) is 25.7. The summed E-state index contributed by atoms with van der Waals surface area (Å²) in [6.07, 6.45) is 6.91. The molecule has 0 bridgehead atoms. The number of aliphatic carboxylic acids is 1. The van der Waals surface area contributed by atoms with E-state index in [1.54, 1.807) is 11.0 Å². The van der Waals surface area contributed by atoms with Crippen molar-refractivity contribution >= 4 is 12.0 Å². The fourth-order valence-corrected chi connectivity index (χ4v) is 3.05. The van der Waals surface area contributed by atoms with Crippen LogP contribution in [-0.4, -0.2) is 41.1 Å². The van der Waals surface area contributed by atoms with Crippen molar-refractivity contribution in [2.24, 2.45) is 11.3 Å². The van der Waals surface area contributed by atoms with Gasteiger partial charge < -0.3 is 15.3 Å². The predicted molar refractivity (Wildman–Crippen MR) is 81.0 cm³/mol. The Bertz CT molecular complexity index is 410. The van der Waals surface area contributed by atoms with E-state index in [-0.39, 0.29) is 12.6 Å². The van der Waals surface area contributed by atoms with Crippen LogP contribution < -0.4 is 5.32 Å². The molecule has 5 nitrogen and oxygen atoms in total. The van der Waals surface area contributed by atoms with E-state index in [2.05, 4.69) is 18.8 Å². The smallest absolute Gasteiger partial charge is 0.317 e. The third-order valence-electron chi connectivity index (χ3n) is 4.84. The van der Waals surface area contributed by atoms with Crippen LogP contribution in [-0.2, 0) is 4.79 Å². The monoisotopic (exact) mass is 294 g/mol. The van der Waals surface area contributed by atoms with Crippen molar-refractivity contribution in [3.63, 3.8) is 0 Å². The predicted octanol–water partition coefficient (Wildman–Crippen LogP) is 2.63. The second kappa shape index (κ2) is 6.50. The molecule has 2 rings (SSSR count). The van der Waals surface area contributed by atoms with Crippen LogP contribution in [0.5, 0.6) is 0 Å². The Labute approximate surface area is 126 Å². The van der Waals surface area contributed by atoms with E-state index in [0.29, 0.717) is 31.3 Å². The van der Waals surface area contributed by atoms with Gasteiger partial charge >= 0.3 is 12.0 Å². The van der Waals surface area contributed by atoms with Gasteiger partial charge in [-0.2, -0.15) is 0 Å². The number of carbonyl (C=O) groups excluding carboxylic acids is 1. The van der Waals surface area contributed by atoms with Crippen molar-refractivity contribution in [2.45, 2.75) is 51.5 Å². The minimum Gasteiger partial charge on any atom is -0.481 e. The topological polar surface area (TPSA) is 69.6 Å². The van der Waals surface area contributed by atoms with Crippen LogP contribution in [0.2, 0.25) is 0 Å². The van der Waals surface area contributed by atoms with Crippen LogP contribution in [0.25, 0.3) is 0 Å². The number of carboxylic acids is 1. The zero-order valence-electron chi connectivity index (χ0n) is 12.8. The maximum absolute atomic E-state index is 12.3. The maximum Gasteiger partial charge on any atom is 0.317 e. The highest BCUT2D eigenvalue weighted by Crippen LogP contribution is 2.38. The van der Waals surface area contributed by atoms with Crippen molar-refractivity contribution < 1.29 is 14.7 Å². The molecule has 0 radical (unpaired) electrons. The Kier molecular flexibility index (Phi) is 4.91. The van der Waals surface area contributed by atoms with E-state index >= 15 is 0 Å². The number of urea groups is 1. The van der Waals surface area contributed by atoms with Crippen molar-refractivity contribution in [3.05, 3.63) is 12.7 Å². The van der Waals surface area contributed by atoms with Crippen LogP contribution in [0.1, 0.15) is 45.4 Å². The fraction of sp³-hybridized carbons (Fsp3) is 0.750. The van der Waals surface area contributed by atoms with E-state index in [0.717, 1.165) is 25.7 Å². The van der Waals surface area contributed by atoms with E-state index < -0.39 is 11.4 Å². The molecule has 2 aliphatic carbocycles. The molecular formula is C16H26N2O3. The zero-order chi connectivity index (χ0) is 15.5. The number of hydrogen-bond donors (Lipinski definition) is 2. The molecule has 2 saturated carbocycles. The lowest BCUT2D eigenvalue weighted by Crippen LogP contribution is -2.49. The zero-order valence-corrected chi connectivity index (χ0v) is 12.8. The van der Waals surface area contributed by atoms with Gasteiger partial charge in [-0.3, -0.25) is 4.79 Å². The standard InChI is InChI=1S/C16H26N2O3/c1-3-10-18(13-4-5-13)15(21)17-11-16(14(19)20)8-6-12(2)7-9-16/h3,12-13H,1,4-11H2,2H3,(H,17,21)(H,19,20). The molecule has 0 atom stereocenters. The first kappa shape index (κ1) is 15.9. The summed E-state index contributed by atoms with van der Waals surface area (Å²) in [5.41, 5.74) is -0.786. The Balaban J connectivity index is 1.93. The molecule has 0 unspecified atom stereocenters. The van der Waals surface area contributed by atoms with Gasteiger partial charge in [0.1, 0.15) is 0 Å². The molecule has 0 aromatic heterocycles. The number of carbonyl (C=O) groups is 2. The molecule has 118 valence electrons. The van der Waals surface area contributed by atoms with Gasteiger partial charge in [-0.15, -0.1) is 6.58 Å². The number of amides is 2. The summed E-state index contributed by atoms with van der Waals surface area (Å²) in [5.74, 6) is -0.201. The highest BCUT2D eigenvalue weighted by molar-refractivity contribution is 5.78. The fourth-order valence-electron chi connectivity index (χ4n) is 3.05. The maximum atomic E-state index is 12.3. The van der Waals surface area contributed by atoms with Crippen molar-refractivity contribution in [2.75, 3.05) is 13.1 Å². The SMILES string of the molecule is C=CCN(C(=O)NCC1(C(=O)O)CCC(C)CC1)C1CC1. The van der Waals surface area contributed by atoms with Crippen LogP contribution in [0.15, 0.2) is 12.7 Å². The Morgan fingerprint density at radius 3 is 2.43 bits per heavy atom. The van der Waals surface area contributed by atoms with Gasteiger partial charge in [0, 0.05) is 19.1 Å². The van der Waals surface area contributed by atoms with Crippen LogP contribution in [0.3, 0.4) is 0 Å². The molecule has 0 aromatic rings. The minimum atomic E-state index is -0.786. The van der Waals surface area contributed by atoms with Crippen LogP contribution in [0, 0.1) is 11.3 Å². The molecule has 2 fully saturated rings. The van der Waals surface area contributed by atoms with E-state index in [1.807, 2.05) is 0 Å². The molecule has 0 heterocycles. The molecule has 5 heteroatoms. The van der Waals surface area contributed by atoms with Crippen molar-refractivity contribution in [1.82, 2.24) is 10.2 Å². The van der Waals surface area contributed by atoms with Gasteiger partial charge in [0.05, 0.1) is 5.41 Å². The molecule has 21 heavy (non-hydrogen) atoms. The van der Waals surface area contributed by atoms with Crippen LogP contribution in [0.4, 0.5) is 4.79 Å². The summed E-state index contributed by atoms with van der Waals surface area (Å²) in [5, 5.41) is 12.4. The van der Waals surface area contributed by atoms with E-state index in [4.69, 9.17) is 0 Å². The Morgan fingerprint density at radius 2 is 1.95 bits per heavy atom. The van der Waals surface area contributed by atoms with Gasteiger partial charge in [0.2, 0.25) is 0 Å². The van der Waals surface area contributed by atoms with Crippen LogP contribution >= 0.6 is 0 Å².